The van der Waals surface area contributed by atoms with Gasteiger partial charge < -0.3 is 10.1 Å². The molecule has 1 aromatic heterocycles. The highest BCUT2D eigenvalue weighted by atomic mass is 35.5. The standard InChI is InChI=1S/C18H16Cl2N4O2/c1-3-15-22-18(24-23-15)21-12-8-13(19)16(14(20)9-12)10-4-6-11(7-5-10)17(25)26-2/h4-9H,3H2,1-2H3,(H2,21,22,23,24). The molecule has 0 aliphatic carbocycles. The summed E-state index contributed by atoms with van der Waals surface area (Å²) in [4.78, 5) is 15.8. The van der Waals surface area contributed by atoms with Crippen molar-refractivity contribution in [3.63, 3.8) is 0 Å². The Morgan fingerprint density at radius 2 is 1.85 bits per heavy atom. The smallest absolute Gasteiger partial charge is 0.337 e. The number of nitrogens with one attached hydrogen (secondary N) is 2. The summed E-state index contributed by atoms with van der Waals surface area (Å²) in [5.41, 5.74) is 2.61. The van der Waals surface area contributed by atoms with Gasteiger partial charge in [0.2, 0.25) is 5.95 Å². The van der Waals surface area contributed by atoms with Crippen LogP contribution in [0.15, 0.2) is 36.4 Å². The number of hydrogen-bond donors (Lipinski definition) is 2. The highest BCUT2D eigenvalue weighted by molar-refractivity contribution is 6.39. The second-order valence-corrected chi connectivity index (χ2v) is 6.28. The Labute approximate surface area is 160 Å². The molecule has 8 heteroatoms. The molecule has 0 atom stereocenters. The topological polar surface area (TPSA) is 79.9 Å². The van der Waals surface area contributed by atoms with Crippen molar-refractivity contribution in [3.05, 3.63) is 57.8 Å². The van der Waals surface area contributed by atoms with Crippen LogP contribution in [0.4, 0.5) is 11.6 Å². The SMILES string of the molecule is CCc1nc(Nc2cc(Cl)c(-c3ccc(C(=O)OC)cc3)c(Cl)c2)n[nH]1. The lowest BCUT2D eigenvalue weighted by molar-refractivity contribution is 0.0601. The van der Waals surface area contributed by atoms with E-state index in [0.29, 0.717) is 32.8 Å². The summed E-state index contributed by atoms with van der Waals surface area (Å²) in [5.74, 6) is 0.836. The molecule has 2 N–H and O–H groups in total. The van der Waals surface area contributed by atoms with Crippen LogP contribution >= 0.6 is 23.2 Å². The fraction of sp³-hybridized carbons (Fsp3) is 0.167. The molecule has 0 radical (unpaired) electrons. The van der Waals surface area contributed by atoms with Gasteiger partial charge in [-0.25, -0.2) is 4.79 Å². The van der Waals surface area contributed by atoms with E-state index in [9.17, 15) is 4.79 Å². The van der Waals surface area contributed by atoms with Crippen molar-refractivity contribution in [2.24, 2.45) is 0 Å². The van der Waals surface area contributed by atoms with Gasteiger partial charge in [0, 0.05) is 17.7 Å². The second kappa shape index (κ2) is 7.76. The molecule has 3 aromatic rings. The van der Waals surface area contributed by atoms with Crippen molar-refractivity contribution >= 4 is 40.8 Å². The molecule has 0 aliphatic rings. The lowest BCUT2D eigenvalue weighted by Crippen LogP contribution is -2.00. The molecule has 134 valence electrons. The van der Waals surface area contributed by atoms with Gasteiger partial charge in [-0.15, -0.1) is 5.10 Å². The first-order valence-corrected chi connectivity index (χ1v) is 8.63. The number of methoxy groups -OCH3 is 1. The van der Waals surface area contributed by atoms with E-state index in [-0.39, 0.29) is 0 Å². The molecule has 6 nitrogen and oxygen atoms in total. The van der Waals surface area contributed by atoms with E-state index in [0.717, 1.165) is 17.8 Å². The molecule has 0 unspecified atom stereocenters. The summed E-state index contributed by atoms with van der Waals surface area (Å²) in [6.07, 6.45) is 0.761. The van der Waals surface area contributed by atoms with Gasteiger partial charge >= 0.3 is 5.97 Å². The number of carbonyl (C=O) groups excluding carboxylic acids is 1. The molecular weight excluding hydrogens is 375 g/mol. The highest BCUT2D eigenvalue weighted by Gasteiger charge is 2.13. The van der Waals surface area contributed by atoms with Crippen LogP contribution in [-0.4, -0.2) is 28.3 Å². The molecule has 26 heavy (non-hydrogen) atoms. The van der Waals surface area contributed by atoms with Gasteiger partial charge in [0.05, 0.1) is 22.7 Å². The van der Waals surface area contributed by atoms with Crippen molar-refractivity contribution in [2.75, 3.05) is 12.4 Å². The summed E-state index contributed by atoms with van der Waals surface area (Å²) in [7, 11) is 1.34. The minimum atomic E-state index is -0.397. The molecule has 2 aromatic carbocycles. The Morgan fingerprint density at radius 1 is 1.19 bits per heavy atom. The fourth-order valence-electron chi connectivity index (χ4n) is 2.45. The van der Waals surface area contributed by atoms with E-state index in [4.69, 9.17) is 27.9 Å². The quantitative estimate of drug-likeness (QED) is 0.607. The number of ether oxygens (including phenoxy) is 1. The first-order chi connectivity index (χ1) is 12.5. The van der Waals surface area contributed by atoms with E-state index in [1.165, 1.54) is 7.11 Å². The van der Waals surface area contributed by atoms with Crippen LogP contribution in [0.3, 0.4) is 0 Å². The fourth-order valence-corrected chi connectivity index (χ4v) is 3.16. The normalized spacial score (nSPS) is 10.6. The molecule has 0 aliphatic heterocycles. The monoisotopic (exact) mass is 390 g/mol. The number of aromatic nitrogens is 3. The Bertz CT molecular complexity index is 916. The molecule has 3 rings (SSSR count). The number of rotatable bonds is 5. The maximum atomic E-state index is 11.5. The third-order valence-electron chi connectivity index (χ3n) is 3.76. The third-order valence-corrected chi connectivity index (χ3v) is 4.36. The molecule has 0 bridgehead atoms. The minimum Gasteiger partial charge on any atom is -0.465 e. The summed E-state index contributed by atoms with van der Waals surface area (Å²) in [6.45, 7) is 1.98. The first-order valence-electron chi connectivity index (χ1n) is 7.88. The van der Waals surface area contributed by atoms with Gasteiger partial charge in [0.15, 0.2) is 0 Å². The lowest BCUT2D eigenvalue weighted by atomic mass is 10.0. The summed E-state index contributed by atoms with van der Waals surface area (Å²) < 4.78 is 4.70. The molecule has 1 heterocycles. The Balaban J connectivity index is 1.88. The molecule has 0 amide bonds. The third kappa shape index (κ3) is 3.81. The van der Waals surface area contributed by atoms with Crippen LogP contribution in [0.2, 0.25) is 10.0 Å². The number of halogens is 2. The van der Waals surface area contributed by atoms with Gasteiger partial charge in [-0.1, -0.05) is 42.3 Å². The minimum absolute atomic E-state index is 0.397. The zero-order chi connectivity index (χ0) is 18.7. The van der Waals surface area contributed by atoms with Gasteiger partial charge in [-0.2, -0.15) is 4.98 Å². The van der Waals surface area contributed by atoms with Crippen LogP contribution in [0.1, 0.15) is 23.1 Å². The van der Waals surface area contributed by atoms with E-state index < -0.39 is 5.97 Å². The van der Waals surface area contributed by atoms with Gasteiger partial charge in [0.25, 0.3) is 0 Å². The van der Waals surface area contributed by atoms with Crippen molar-refractivity contribution < 1.29 is 9.53 Å². The molecular formula is C18H16Cl2N4O2. The van der Waals surface area contributed by atoms with E-state index in [1.807, 2.05) is 6.92 Å². The van der Waals surface area contributed by atoms with Crippen molar-refractivity contribution in [1.82, 2.24) is 15.2 Å². The number of H-pyrrole nitrogens is 1. The lowest BCUT2D eigenvalue weighted by Gasteiger charge is -2.11. The molecule has 0 fully saturated rings. The summed E-state index contributed by atoms with van der Waals surface area (Å²) >= 11 is 12.9. The Hall–Kier alpha value is -2.57. The van der Waals surface area contributed by atoms with Crippen LogP contribution in [0.5, 0.6) is 0 Å². The maximum Gasteiger partial charge on any atom is 0.337 e. The number of aromatic amines is 1. The van der Waals surface area contributed by atoms with E-state index in [2.05, 4.69) is 20.5 Å². The molecule has 0 saturated carbocycles. The van der Waals surface area contributed by atoms with Crippen LogP contribution in [0.25, 0.3) is 11.1 Å². The average molecular weight is 391 g/mol. The zero-order valence-electron chi connectivity index (χ0n) is 14.1. The average Bonchev–Trinajstić information content (AvgIpc) is 3.08. The number of hydrogen-bond acceptors (Lipinski definition) is 5. The number of aryl methyl sites for hydroxylation is 1. The second-order valence-electron chi connectivity index (χ2n) is 5.47. The zero-order valence-corrected chi connectivity index (χ0v) is 15.6. The predicted molar refractivity (Wildman–Crippen MR) is 102 cm³/mol. The number of anilines is 2. The number of esters is 1. The largest absolute Gasteiger partial charge is 0.465 e. The summed E-state index contributed by atoms with van der Waals surface area (Å²) in [6, 6.07) is 10.4. The number of benzene rings is 2. The van der Waals surface area contributed by atoms with Crippen LogP contribution in [0, 0.1) is 0 Å². The van der Waals surface area contributed by atoms with Gasteiger partial charge in [-0.3, -0.25) is 5.10 Å². The molecule has 0 saturated heterocycles. The van der Waals surface area contributed by atoms with E-state index >= 15 is 0 Å². The number of carbonyl (C=O) groups is 1. The van der Waals surface area contributed by atoms with Crippen LogP contribution in [-0.2, 0) is 11.2 Å². The van der Waals surface area contributed by atoms with Crippen molar-refractivity contribution in [3.8, 4) is 11.1 Å². The number of nitrogens with zero attached hydrogens (tertiary/aromatic N) is 2. The van der Waals surface area contributed by atoms with Gasteiger partial charge in [0.1, 0.15) is 5.82 Å². The van der Waals surface area contributed by atoms with E-state index in [1.54, 1.807) is 36.4 Å². The summed E-state index contributed by atoms with van der Waals surface area (Å²) in [5, 5.41) is 10.9. The van der Waals surface area contributed by atoms with Crippen molar-refractivity contribution in [2.45, 2.75) is 13.3 Å². The Morgan fingerprint density at radius 3 is 2.38 bits per heavy atom. The van der Waals surface area contributed by atoms with Gasteiger partial charge in [-0.05, 0) is 29.8 Å². The highest BCUT2D eigenvalue weighted by Crippen LogP contribution is 2.37. The first kappa shape index (κ1) is 18.2. The maximum absolute atomic E-state index is 11.5. The van der Waals surface area contributed by atoms with Crippen LogP contribution < -0.4 is 5.32 Å². The van der Waals surface area contributed by atoms with Crippen molar-refractivity contribution in [1.29, 1.82) is 0 Å². The predicted octanol–water partition coefficient (Wildman–Crippen LogP) is 4.87. The molecule has 0 spiro atoms. The Kier molecular flexibility index (Phi) is 5.44.